The van der Waals surface area contributed by atoms with Gasteiger partial charge in [-0.1, -0.05) is 359 Å². The van der Waals surface area contributed by atoms with Crippen LogP contribution in [0.4, 0.5) is 68.2 Å². The number of aryl methyl sites for hydroxylation is 1. The van der Waals surface area contributed by atoms with Gasteiger partial charge in [0.05, 0.1) is 108 Å². The predicted molar refractivity (Wildman–Crippen MR) is 620 cm³/mol. The summed E-state index contributed by atoms with van der Waals surface area (Å²) in [6.45, 7) is 9.57. The van der Waals surface area contributed by atoms with Crippen LogP contribution in [-0.4, -0.2) is 25.7 Å². The number of anilines is 12. The molecule has 0 atom stereocenters. The van der Waals surface area contributed by atoms with Gasteiger partial charge in [-0.2, -0.15) is 0 Å². The third kappa shape index (κ3) is 12.7. The quantitative estimate of drug-likeness (QED) is 0.0850. The van der Waals surface area contributed by atoms with E-state index in [1.807, 2.05) is 0 Å². The topological polar surface area (TPSA) is 30.6 Å². The van der Waals surface area contributed by atoms with Gasteiger partial charge in [0.1, 0.15) is 0 Å². The Balaban J connectivity index is 0.000000142. The van der Waals surface area contributed by atoms with Gasteiger partial charge < -0.3 is 37.2 Å². The number of para-hydroxylation sites is 10. The molecule has 0 fully saturated rings. The molecule has 0 unspecified atom stereocenters. The Labute approximate surface area is 839 Å². The van der Waals surface area contributed by atoms with Crippen LogP contribution in [0.15, 0.2) is 497 Å². The summed E-state index contributed by atoms with van der Waals surface area (Å²) in [5.74, 6) is 0. The highest BCUT2D eigenvalue weighted by Crippen LogP contribution is 2.57. The Bertz CT molecular complexity index is 9990. The fourth-order valence-electron chi connectivity index (χ4n) is 24.5. The van der Waals surface area contributed by atoms with Crippen molar-refractivity contribution in [3.63, 3.8) is 0 Å². The molecule has 682 valence electrons. The van der Waals surface area contributed by atoms with Crippen molar-refractivity contribution in [2.24, 2.45) is 0 Å². The van der Waals surface area contributed by atoms with Gasteiger partial charge in [0.2, 0.25) is 0 Å². The molecular weight excluding hydrogens is 1770 g/mol. The van der Waals surface area contributed by atoms with E-state index < -0.39 is 8.07 Å². The highest BCUT2D eigenvalue weighted by atomic mass is 28.3. The molecule has 8 nitrogen and oxygen atoms in total. The lowest BCUT2D eigenvalue weighted by atomic mass is 9.95. The molecule has 0 aliphatic rings. The van der Waals surface area contributed by atoms with Crippen LogP contribution >= 0.6 is 0 Å². The van der Waals surface area contributed by atoms with Crippen molar-refractivity contribution in [1.29, 1.82) is 0 Å². The number of rotatable bonds is 17. The fourth-order valence-corrected chi connectivity index (χ4v) is 26.1. The normalized spacial score (nSPS) is 12.1. The molecular formula is C136H94N8Si. The van der Waals surface area contributed by atoms with Crippen molar-refractivity contribution in [3.05, 3.63) is 503 Å². The minimum Gasteiger partial charge on any atom is -0.310 e. The van der Waals surface area contributed by atoms with Crippen molar-refractivity contribution in [3.8, 4) is 44.5 Å². The Morgan fingerprint density at radius 1 is 0.166 bits per heavy atom. The second-order valence-corrected chi connectivity index (χ2v) is 44.8. The van der Waals surface area contributed by atoms with Gasteiger partial charge in [0, 0.05) is 131 Å². The first-order valence-electron chi connectivity index (χ1n) is 50.3. The fraction of sp³-hybridized carbons (Fsp3) is 0.0294. The maximum absolute atomic E-state index is 2.55. The van der Waals surface area contributed by atoms with Gasteiger partial charge >= 0.3 is 0 Å². The van der Waals surface area contributed by atoms with E-state index in [9.17, 15) is 0 Å². The van der Waals surface area contributed by atoms with E-state index in [4.69, 9.17) is 0 Å². The number of hydrogen-bond acceptors (Lipinski definition) is 4. The second kappa shape index (κ2) is 32.8. The first-order valence-corrected chi connectivity index (χ1v) is 53.8. The van der Waals surface area contributed by atoms with E-state index in [1.54, 1.807) is 0 Å². The number of aromatic nitrogens is 4. The van der Waals surface area contributed by atoms with Crippen molar-refractivity contribution in [1.82, 2.24) is 17.6 Å². The van der Waals surface area contributed by atoms with Crippen molar-refractivity contribution < 1.29 is 0 Å². The maximum Gasteiger partial charge on any atom is 0.0803 e. The molecule has 145 heavy (non-hydrogen) atoms. The minimum atomic E-state index is -1.74. The minimum absolute atomic E-state index is 1.10. The highest BCUT2D eigenvalue weighted by molar-refractivity contribution is 6.89. The highest BCUT2D eigenvalue weighted by Gasteiger charge is 2.35. The summed E-state index contributed by atoms with van der Waals surface area (Å²) < 4.78 is 10.2. The van der Waals surface area contributed by atoms with Crippen LogP contribution in [0.2, 0.25) is 19.6 Å². The van der Waals surface area contributed by atoms with Crippen LogP contribution in [0.25, 0.3) is 197 Å². The first kappa shape index (κ1) is 83.4. The lowest BCUT2D eigenvalue weighted by molar-refractivity contribution is 1.26. The third-order valence-corrected chi connectivity index (χ3v) is 32.8. The number of nitrogens with zero attached hydrogens (tertiary/aromatic N) is 8. The molecule has 0 saturated heterocycles. The van der Waals surface area contributed by atoms with Crippen LogP contribution in [0.3, 0.4) is 0 Å². The van der Waals surface area contributed by atoms with Crippen LogP contribution in [-0.2, 0) is 0 Å². The van der Waals surface area contributed by atoms with E-state index in [0.717, 1.165) is 56.6 Å². The largest absolute Gasteiger partial charge is 0.310 e. The van der Waals surface area contributed by atoms with E-state index in [0.29, 0.717) is 0 Å². The average Bonchev–Trinajstić information content (AvgIpc) is 1.51. The predicted octanol–water partition coefficient (Wildman–Crippen LogP) is 37.4. The standard InChI is InChI=1S/C78H50N4.C58H44N4Si/c1-7-23-51(24-8-1)55-39-43-69(63(47-55)53-27-11-3-12-28-53)79(57-31-15-5-16-32-57)71-45-41-59-65-49-74-66(50-73(65)81-67-37-21-19-35-61(67)75(71)77(59)81)60-42-46-72(76-62-36-20-22-38-68(62)82(74)78(60)76)80(58-33-17-6-18-34-58)70-44-40-56(52-25-9-2-10-26-52)48-64(70)54-29-13-4-14-30-54;1-37-19-11-14-26-46(37)59(38-20-7-5-8-21-38)50-33-31-40-44-35-53-45(36-52(44)61-47-27-15-12-24-42(47)55(50)57(40)61)41-32-34-51(56-43-25-13-16-28-48(43)62(53)58(41)56)60(39-22-9-6-10-23-39)49-29-17-18-30-54(49)63(2,3)4/h1-50H;5-36H,1-4H3. The number of fused-ring (bicyclic) bond motifs is 24. The van der Waals surface area contributed by atoms with E-state index in [-0.39, 0.29) is 0 Å². The van der Waals surface area contributed by atoms with Crippen LogP contribution in [0.1, 0.15) is 5.56 Å². The van der Waals surface area contributed by atoms with Gasteiger partial charge in [-0.3, -0.25) is 0 Å². The molecule has 0 radical (unpaired) electrons. The summed E-state index contributed by atoms with van der Waals surface area (Å²) in [6, 6.07) is 183. The summed E-state index contributed by atoms with van der Waals surface area (Å²) in [7, 11) is -1.74. The summed E-state index contributed by atoms with van der Waals surface area (Å²) in [5.41, 5.74) is 39.1. The lowest BCUT2D eigenvalue weighted by Crippen LogP contribution is -2.40. The van der Waals surface area contributed by atoms with E-state index in [1.165, 1.54) is 219 Å². The van der Waals surface area contributed by atoms with E-state index >= 15 is 0 Å². The first-order chi connectivity index (χ1) is 71.6. The number of benzene rings is 22. The summed E-state index contributed by atoms with van der Waals surface area (Å²) in [4.78, 5) is 9.96. The third-order valence-electron chi connectivity index (χ3n) is 30.7. The van der Waals surface area contributed by atoms with Gasteiger partial charge in [-0.05, 0) is 209 Å². The molecule has 30 rings (SSSR count). The number of hydrogen-bond donors (Lipinski definition) is 0. The maximum atomic E-state index is 2.55. The Hall–Kier alpha value is -18.5. The molecule has 9 heteroatoms. The zero-order valence-electron chi connectivity index (χ0n) is 80.4. The second-order valence-electron chi connectivity index (χ2n) is 39.8. The smallest absolute Gasteiger partial charge is 0.0803 e. The van der Waals surface area contributed by atoms with Gasteiger partial charge in [-0.25, -0.2) is 0 Å². The molecule has 8 aromatic heterocycles. The summed E-state index contributed by atoms with van der Waals surface area (Å²) in [5, 5.41) is 21.4. The zero-order chi connectivity index (χ0) is 96.0. The average molecular weight is 1870 g/mol. The summed E-state index contributed by atoms with van der Waals surface area (Å²) in [6.07, 6.45) is 0. The van der Waals surface area contributed by atoms with E-state index in [2.05, 4.69) is 561 Å². The van der Waals surface area contributed by atoms with Crippen LogP contribution in [0.5, 0.6) is 0 Å². The van der Waals surface area contributed by atoms with Crippen molar-refractivity contribution in [2.45, 2.75) is 26.6 Å². The van der Waals surface area contributed by atoms with Gasteiger partial charge in [0.15, 0.2) is 0 Å². The lowest BCUT2D eigenvalue weighted by Gasteiger charge is -2.31. The van der Waals surface area contributed by atoms with Crippen LogP contribution in [0, 0.1) is 6.92 Å². The van der Waals surface area contributed by atoms with Crippen LogP contribution < -0.4 is 24.8 Å². The molecule has 22 aromatic carbocycles. The van der Waals surface area contributed by atoms with Gasteiger partial charge in [-0.15, -0.1) is 0 Å². The van der Waals surface area contributed by atoms with Gasteiger partial charge in [0.25, 0.3) is 0 Å². The summed E-state index contributed by atoms with van der Waals surface area (Å²) >= 11 is 0. The van der Waals surface area contributed by atoms with Crippen molar-refractivity contribution >= 4 is 234 Å². The Morgan fingerprint density at radius 3 is 0.710 bits per heavy atom. The molecule has 0 saturated carbocycles. The Morgan fingerprint density at radius 2 is 0.407 bits per heavy atom. The molecule has 0 aliphatic carbocycles. The Kier molecular flexibility index (Phi) is 18.9. The molecule has 30 aromatic rings. The molecule has 0 aliphatic heterocycles. The molecule has 8 heterocycles. The zero-order valence-corrected chi connectivity index (χ0v) is 81.4. The SMILES string of the molecule is Cc1ccccc1N(c1ccccc1)c1ccc2c3cc4c(cc3n3c5ccccc5c1c23)c1ccc(N(c2ccccc2)c2ccccc2[Si](C)(C)C)c2c3ccccc3n4c12.c1ccc(-c2ccc(N(c3ccccc3)c3ccc4c5cc6c(cc5n5c7ccccc7c3c45)c3ccc(N(c4ccccc4)c4ccc(-c5ccccc5)cc4-c4ccccc4)c4c5ccccc5n6c34)c(-c3ccccc3)c2)cc1. The molecule has 0 spiro atoms. The molecule has 0 bridgehead atoms. The molecule has 0 amide bonds. The van der Waals surface area contributed by atoms with Crippen molar-refractivity contribution in [2.75, 3.05) is 19.6 Å². The monoisotopic (exact) mass is 1870 g/mol. The molecule has 0 N–H and O–H groups in total.